The number of nitrogens with zero attached hydrogens (tertiary/aromatic N) is 1. The van der Waals surface area contributed by atoms with E-state index in [4.69, 9.17) is 0 Å². The first kappa shape index (κ1) is 11.0. The second-order valence-corrected chi connectivity index (χ2v) is 4.47. The first-order valence-corrected chi connectivity index (χ1v) is 6.31. The van der Waals surface area contributed by atoms with E-state index >= 15 is 0 Å². The van der Waals surface area contributed by atoms with E-state index in [-0.39, 0.29) is 0 Å². The van der Waals surface area contributed by atoms with Crippen molar-refractivity contribution in [1.82, 2.24) is 4.98 Å². The van der Waals surface area contributed by atoms with Gasteiger partial charge < -0.3 is 0 Å². The lowest BCUT2D eigenvalue weighted by molar-refractivity contribution is 1.11. The van der Waals surface area contributed by atoms with E-state index in [1.54, 1.807) is 0 Å². The fraction of sp³-hybridized carbons (Fsp3) is 0.118. The molecule has 1 heteroatoms. The van der Waals surface area contributed by atoms with Gasteiger partial charge in [-0.1, -0.05) is 49.4 Å². The highest BCUT2D eigenvalue weighted by atomic mass is 14.7. The largest absolute Gasteiger partial charge is 0.256 e. The topological polar surface area (TPSA) is 12.9 Å². The fourth-order valence-corrected chi connectivity index (χ4v) is 2.15. The predicted molar refractivity (Wildman–Crippen MR) is 76.6 cm³/mol. The van der Waals surface area contributed by atoms with Crippen LogP contribution in [-0.2, 0) is 6.42 Å². The van der Waals surface area contributed by atoms with Crippen molar-refractivity contribution in [2.24, 2.45) is 0 Å². The Morgan fingerprint density at radius 3 is 2.44 bits per heavy atom. The molecule has 1 nitrogen and oxygen atoms in total. The molecule has 0 amide bonds. The molecular weight excluding hydrogens is 218 g/mol. The molecule has 0 bridgehead atoms. The summed E-state index contributed by atoms with van der Waals surface area (Å²) < 4.78 is 0. The monoisotopic (exact) mass is 233 g/mol. The second kappa shape index (κ2) is 4.61. The van der Waals surface area contributed by atoms with Crippen LogP contribution < -0.4 is 0 Å². The lowest BCUT2D eigenvalue weighted by Gasteiger charge is -2.04. The number of aromatic nitrogens is 1. The summed E-state index contributed by atoms with van der Waals surface area (Å²) >= 11 is 0. The van der Waals surface area contributed by atoms with Crippen LogP contribution in [-0.4, -0.2) is 4.98 Å². The van der Waals surface area contributed by atoms with Gasteiger partial charge in [-0.2, -0.15) is 0 Å². The summed E-state index contributed by atoms with van der Waals surface area (Å²) in [5.74, 6) is 0. The van der Waals surface area contributed by atoms with E-state index < -0.39 is 0 Å². The molecule has 0 unspecified atom stereocenters. The maximum absolute atomic E-state index is 4.53. The van der Waals surface area contributed by atoms with Crippen LogP contribution in [0, 0.1) is 0 Å². The minimum absolute atomic E-state index is 1.03. The third kappa shape index (κ3) is 2.00. The maximum Gasteiger partial charge on any atom is 0.0702 e. The first-order chi connectivity index (χ1) is 8.86. The van der Waals surface area contributed by atoms with Crippen molar-refractivity contribution in [3.63, 3.8) is 0 Å². The first-order valence-electron chi connectivity index (χ1n) is 6.31. The number of aryl methyl sites for hydroxylation is 1. The molecule has 0 aliphatic rings. The van der Waals surface area contributed by atoms with Gasteiger partial charge >= 0.3 is 0 Å². The zero-order chi connectivity index (χ0) is 12.4. The molecule has 0 spiro atoms. The van der Waals surface area contributed by atoms with Gasteiger partial charge in [0.05, 0.1) is 5.69 Å². The van der Waals surface area contributed by atoms with Crippen molar-refractivity contribution in [3.8, 4) is 11.3 Å². The Balaban J connectivity index is 2.07. The predicted octanol–water partition coefficient (Wildman–Crippen LogP) is 4.46. The second-order valence-electron chi connectivity index (χ2n) is 4.47. The van der Waals surface area contributed by atoms with Crippen LogP contribution in [0.5, 0.6) is 0 Å². The van der Waals surface area contributed by atoms with Gasteiger partial charge in [-0.05, 0) is 34.9 Å². The average Bonchev–Trinajstić information content (AvgIpc) is 2.47. The van der Waals surface area contributed by atoms with E-state index in [1.807, 2.05) is 6.20 Å². The molecule has 1 heterocycles. The van der Waals surface area contributed by atoms with Crippen molar-refractivity contribution < 1.29 is 0 Å². The van der Waals surface area contributed by atoms with Gasteiger partial charge in [-0.25, -0.2) is 0 Å². The Kier molecular flexibility index (Phi) is 2.81. The Labute approximate surface area is 107 Å². The molecule has 0 radical (unpaired) electrons. The lowest BCUT2D eigenvalue weighted by atomic mass is 10.0. The van der Waals surface area contributed by atoms with Crippen LogP contribution in [0.15, 0.2) is 60.8 Å². The molecule has 18 heavy (non-hydrogen) atoms. The number of fused-ring (bicyclic) bond motifs is 1. The number of hydrogen-bond donors (Lipinski definition) is 0. The molecule has 0 aliphatic carbocycles. The highest BCUT2D eigenvalue weighted by Gasteiger charge is 2.00. The summed E-state index contributed by atoms with van der Waals surface area (Å²) in [6.45, 7) is 2.15. The van der Waals surface area contributed by atoms with Gasteiger partial charge in [0.15, 0.2) is 0 Å². The molecule has 0 N–H and O–H groups in total. The van der Waals surface area contributed by atoms with Crippen molar-refractivity contribution in [1.29, 1.82) is 0 Å². The molecule has 88 valence electrons. The summed E-state index contributed by atoms with van der Waals surface area (Å²) in [4.78, 5) is 4.53. The SMILES string of the molecule is CCc1ccc(-c2ccc3ccccc3c2)nc1. The van der Waals surface area contributed by atoms with Crippen LogP contribution in [0.4, 0.5) is 0 Å². The van der Waals surface area contributed by atoms with Gasteiger partial charge in [-0.15, -0.1) is 0 Å². The molecular formula is C17H15N. The van der Waals surface area contributed by atoms with E-state index in [0.717, 1.165) is 12.1 Å². The highest BCUT2D eigenvalue weighted by molar-refractivity contribution is 5.86. The zero-order valence-corrected chi connectivity index (χ0v) is 10.4. The summed E-state index contributed by atoms with van der Waals surface area (Å²) in [7, 11) is 0. The molecule has 3 aromatic rings. The molecule has 0 aliphatic heterocycles. The summed E-state index contributed by atoms with van der Waals surface area (Å²) in [5.41, 5.74) is 3.49. The minimum atomic E-state index is 1.03. The van der Waals surface area contributed by atoms with Crippen LogP contribution in [0.25, 0.3) is 22.0 Å². The standard InChI is InChI=1S/C17H15N/c1-2-13-7-10-17(18-12-13)16-9-8-14-5-3-4-6-15(14)11-16/h3-12H,2H2,1H3. The Morgan fingerprint density at radius 2 is 1.72 bits per heavy atom. The molecule has 2 aromatic carbocycles. The highest BCUT2D eigenvalue weighted by Crippen LogP contribution is 2.23. The third-order valence-corrected chi connectivity index (χ3v) is 3.28. The Bertz CT molecular complexity index is 669. The van der Waals surface area contributed by atoms with Gasteiger partial charge in [0.2, 0.25) is 0 Å². The fourth-order valence-electron chi connectivity index (χ4n) is 2.15. The number of rotatable bonds is 2. The Hall–Kier alpha value is -2.15. The summed E-state index contributed by atoms with van der Waals surface area (Å²) in [6, 6.07) is 19.1. The molecule has 1 aromatic heterocycles. The molecule has 0 atom stereocenters. The van der Waals surface area contributed by atoms with Crippen molar-refractivity contribution in [2.45, 2.75) is 13.3 Å². The van der Waals surface area contributed by atoms with Gasteiger partial charge in [0.25, 0.3) is 0 Å². The van der Waals surface area contributed by atoms with Crippen LogP contribution in [0.1, 0.15) is 12.5 Å². The smallest absolute Gasteiger partial charge is 0.0702 e. The maximum atomic E-state index is 4.53. The van der Waals surface area contributed by atoms with Crippen LogP contribution in [0.3, 0.4) is 0 Å². The van der Waals surface area contributed by atoms with Crippen molar-refractivity contribution in [2.75, 3.05) is 0 Å². The molecule has 0 saturated carbocycles. The number of hydrogen-bond acceptors (Lipinski definition) is 1. The minimum Gasteiger partial charge on any atom is -0.256 e. The number of benzene rings is 2. The Morgan fingerprint density at radius 1 is 0.889 bits per heavy atom. The third-order valence-electron chi connectivity index (χ3n) is 3.28. The normalized spacial score (nSPS) is 10.7. The van der Waals surface area contributed by atoms with Gasteiger partial charge in [0, 0.05) is 11.8 Å². The summed E-state index contributed by atoms with van der Waals surface area (Å²) in [5, 5.41) is 2.53. The molecule has 3 rings (SSSR count). The molecule has 0 saturated heterocycles. The quantitative estimate of drug-likeness (QED) is 0.636. The van der Waals surface area contributed by atoms with E-state index in [9.17, 15) is 0 Å². The van der Waals surface area contributed by atoms with Crippen LogP contribution in [0.2, 0.25) is 0 Å². The van der Waals surface area contributed by atoms with E-state index in [0.29, 0.717) is 0 Å². The van der Waals surface area contributed by atoms with Gasteiger partial charge in [0.1, 0.15) is 0 Å². The average molecular weight is 233 g/mol. The van der Waals surface area contributed by atoms with E-state index in [2.05, 4.69) is 66.5 Å². The number of pyridine rings is 1. The van der Waals surface area contributed by atoms with Crippen LogP contribution >= 0.6 is 0 Å². The van der Waals surface area contributed by atoms with E-state index in [1.165, 1.54) is 21.9 Å². The summed E-state index contributed by atoms with van der Waals surface area (Å²) in [6.07, 6.45) is 3.00. The molecule has 0 fully saturated rings. The van der Waals surface area contributed by atoms with Crippen molar-refractivity contribution in [3.05, 3.63) is 66.4 Å². The lowest BCUT2D eigenvalue weighted by Crippen LogP contribution is -1.86. The van der Waals surface area contributed by atoms with Crippen molar-refractivity contribution >= 4 is 10.8 Å². The zero-order valence-electron chi connectivity index (χ0n) is 10.4. The van der Waals surface area contributed by atoms with Gasteiger partial charge in [-0.3, -0.25) is 4.98 Å².